The molecule has 14 heavy (non-hydrogen) atoms. The lowest BCUT2D eigenvalue weighted by molar-refractivity contribution is -0.201. The third-order valence-electron chi connectivity index (χ3n) is 1.50. The average molecular weight is 244 g/mol. The van der Waals surface area contributed by atoms with Crippen molar-refractivity contribution >= 4 is 7.68 Å². The summed E-state index contributed by atoms with van der Waals surface area (Å²) in [5.41, 5.74) is -5.91. The van der Waals surface area contributed by atoms with Crippen molar-refractivity contribution < 1.29 is 35.6 Å². The van der Waals surface area contributed by atoms with E-state index in [0.29, 0.717) is 0 Å². The Bertz CT molecular complexity index is 249. The van der Waals surface area contributed by atoms with E-state index in [4.69, 9.17) is 4.89 Å². The lowest BCUT2D eigenvalue weighted by atomic mass is 10.2. The molecule has 0 bridgehead atoms. The Morgan fingerprint density at radius 1 is 1.36 bits per heavy atom. The van der Waals surface area contributed by atoms with Crippen LogP contribution in [0.25, 0.3) is 0 Å². The van der Waals surface area contributed by atoms with Gasteiger partial charge in [0.2, 0.25) is 0 Å². The van der Waals surface area contributed by atoms with E-state index in [9.17, 15) is 30.7 Å². The molecule has 0 aromatic rings. The number of halogens is 6. The van der Waals surface area contributed by atoms with Crippen molar-refractivity contribution in [3.63, 3.8) is 0 Å². The summed E-state index contributed by atoms with van der Waals surface area (Å²) in [5, 5.41) is 0. The van der Waals surface area contributed by atoms with Gasteiger partial charge in [0, 0.05) is 0 Å². The van der Waals surface area contributed by atoms with Gasteiger partial charge in [-0.05, 0) is 6.42 Å². The van der Waals surface area contributed by atoms with Gasteiger partial charge < -0.3 is 4.89 Å². The van der Waals surface area contributed by atoms with Crippen molar-refractivity contribution in [3.05, 3.63) is 0 Å². The number of hydrogen-bond donors (Lipinski definition) is 1. The molecule has 0 aromatic heterocycles. The Balaban J connectivity index is 5.18. The van der Waals surface area contributed by atoms with Gasteiger partial charge in [-0.3, -0.25) is 0 Å². The highest BCUT2D eigenvalue weighted by atomic mass is 31.2. The largest absolute Gasteiger partial charge is 0.439 e. The van der Waals surface area contributed by atoms with E-state index in [-0.39, 0.29) is 0 Å². The maximum absolute atomic E-state index is 12.4. The molecule has 0 saturated carbocycles. The van der Waals surface area contributed by atoms with Gasteiger partial charge in [0.1, 0.15) is 0 Å². The molecule has 0 aliphatic heterocycles. The fourth-order valence-electron chi connectivity index (χ4n) is 0.629. The molecule has 0 saturated heterocycles. The zero-order valence-corrected chi connectivity index (χ0v) is 7.75. The lowest BCUT2D eigenvalue weighted by Crippen LogP contribution is -2.46. The second kappa shape index (κ2) is 3.73. The number of alkyl halides is 5. The van der Waals surface area contributed by atoms with Crippen molar-refractivity contribution in [1.29, 1.82) is 0 Å². The minimum Gasteiger partial charge on any atom is -0.317 e. The smallest absolute Gasteiger partial charge is 0.317 e. The van der Waals surface area contributed by atoms with Gasteiger partial charge >= 0.3 is 19.3 Å². The van der Waals surface area contributed by atoms with Crippen LogP contribution >= 0.6 is 7.68 Å². The minimum absolute atomic E-state index is 0.815. The molecular formula is C5H7F6O2P. The summed E-state index contributed by atoms with van der Waals surface area (Å²) in [6.45, 7) is 0.815. The fourth-order valence-corrected chi connectivity index (χ4v) is 1.14. The number of hydrogen-bond acceptors (Lipinski definition) is 1. The van der Waals surface area contributed by atoms with Gasteiger partial charge in [0.25, 0.3) is 0 Å². The zero-order chi connectivity index (χ0) is 11.8. The fraction of sp³-hybridized carbons (Fsp3) is 1.00. The second-order valence-corrected chi connectivity index (χ2v) is 4.11. The van der Waals surface area contributed by atoms with E-state index < -0.39 is 31.9 Å². The minimum atomic E-state index is -6.88. The van der Waals surface area contributed by atoms with Crippen LogP contribution in [0.4, 0.5) is 26.1 Å². The van der Waals surface area contributed by atoms with E-state index in [1.165, 1.54) is 0 Å². The molecule has 0 heterocycles. The first-order valence-electron chi connectivity index (χ1n) is 3.40. The van der Waals surface area contributed by atoms with E-state index in [1.54, 1.807) is 0 Å². The van der Waals surface area contributed by atoms with Crippen LogP contribution in [-0.2, 0) is 4.57 Å². The monoisotopic (exact) mass is 244 g/mol. The van der Waals surface area contributed by atoms with Gasteiger partial charge in [-0.2, -0.15) is 21.8 Å². The van der Waals surface area contributed by atoms with E-state index in [1.807, 2.05) is 0 Å². The van der Waals surface area contributed by atoms with Crippen LogP contribution < -0.4 is 0 Å². The lowest BCUT2D eigenvalue weighted by Gasteiger charge is -2.27. The molecule has 2 atom stereocenters. The third-order valence-corrected chi connectivity index (χ3v) is 2.49. The Kier molecular flexibility index (Phi) is 3.67. The van der Waals surface area contributed by atoms with Crippen LogP contribution in [0, 0.1) is 0 Å². The topological polar surface area (TPSA) is 37.3 Å². The highest BCUT2D eigenvalue weighted by Gasteiger charge is 2.72. The first kappa shape index (κ1) is 13.8. The molecular weight excluding hydrogens is 237 g/mol. The van der Waals surface area contributed by atoms with Gasteiger partial charge in [-0.1, -0.05) is 6.92 Å². The summed E-state index contributed by atoms with van der Waals surface area (Å²) in [6.07, 6.45) is -4.41. The zero-order valence-electron chi connectivity index (χ0n) is 6.85. The average Bonchev–Trinajstić information content (AvgIpc) is 2.00. The van der Waals surface area contributed by atoms with E-state index >= 15 is 0 Å². The van der Waals surface area contributed by atoms with Crippen molar-refractivity contribution in [2.24, 2.45) is 0 Å². The standard InChI is InChI=1S/C5H7F6O2P/c1-2-3(6)4(7,8)5(9,10)14(11,12)13/h3H,2H2,1H3,(H,12,13). The van der Waals surface area contributed by atoms with Crippen LogP contribution in [0.5, 0.6) is 0 Å². The molecule has 2 unspecified atom stereocenters. The normalized spacial score (nSPS) is 20.3. The summed E-state index contributed by atoms with van der Waals surface area (Å²) < 4.78 is 83.3. The highest BCUT2D eigenvalue weighted by Crippen LogP contribution is 2.65. The summed E-state index contributed by atoms with van der Waals surface area (Å²) in [4.78, 5) is 7.72. The highest BCUT2D eigenvalue weighted by molar-refractivity contribution is 7.53. The summed E-state index contributed by atoms with van der Waals surface area (Å²) in [7, 11) is -6.88. The van der Waals surface area contributed by atoms with E-state index in [2.05, 4.69) is 0 Å². The molecule has 0 fully saturated rings. The predicted octanol–water partition coefficient (Wildman–Crippen LogP) is 3.12. The molecule has 0 amide bonds. The summed E-state index contributed by atoms with van der Waals surface area (Å²) in [6, 6.07) is 0. The van der Waals surface area contributed by atoms with Gasteiger partial charge in [0.15, 0.2) is 6.17 Å². The first-order valence-corrected chi connectivity index (χ1v) is 4.95. The Morgan fingerprint density at radius 2 is 1.71 bits per heavy atom. The molecule has 0 aromatic carbocycles. The summed E-state index contributed by atoms with van der Waals surface area (Å²) >= 11 is 0. The van der Waals surface area contributed by atoms with E-state index in [0.717, 1.165) is 6.92 Å². The molecule has 1 N–H and O–H groups in total. The van der Waals surface area contributed by atoms with Crippen molar-refractivity contribution in [2.75, 3.05) is 0 Å². The molecule has 0 spiro atoms. The maximum Gasteiger partial charge on any atom is 0.439 e. The van der Waals surface area contributed by atoms with Crippen LogP contribution in [0.2, 0.25) is 0 Å². The second-order valence-electron chi connectivity index (χ2n) is 2.54. The SMILES string of the molecule is CCC(F)C(F)(F)C(F)(F)P(=O)(O)F. The van der Waals surface area contributed by atoms with Crippen LogP contribution in [0.3, 0.4) is 0 Å². The van der Waals surface area contributed by atoms with Crippen LogP contribution in [-0.4, -0.2) is 22.7 Å². The third kappa shape index (κ3) is 2.06. The Labute approximate surface area is 75.5 Å². The molecule has 0 aliphatic carbocycles. The van der Waals surface area contributed by atoms with Crippen LogP contribution in [0.15, 0.2) is 0 Å². The maximum atomic E-state index is 12.4. The molecule has 0 rings (SSSR count). The number of rotatable bonds is 4. The molecule has 2 nitrogen and oxygen atoms in total. The predicted molar refractivity (Wildman–Crippen MR) is 36.0 cm³/mol. The first-order chi connectivity index (χ1) is 5.98. The summed E-state index contributed by atoms with van der Waals surface area (Å²) in [5.74, 6) is -5.50. The van der Waals surface area contributed by atoms with Crippen molar-refractivity contribution in [1.82, 2.24) is 0 Å². The Morgan fingerprint density at radius 3 is 1.93 bits per heavy atom. The Hall–Kier alpha value is -0.230. The van der Waals surface area contributed by atoms with Crippen molar-refractivity contribution in [2.45, 2.75) is 31.1 Å². The molecule has 0 radical (unpaired) electrons. The molecule has 9 heteroatoms. The van der Waals surface area contributed by atoms with Crippen molar-refractivity contribution in [3.8, 4) is 0 Å². The quantitative estimate of drug-likeness (QED) is 0.609. The van der Waals surface area contributed by atoms with Crippen LogP contribution in [0.1, 0.15) is 13.3 Å². The van der Waals surface area contributed by atoms with Gasteiger partial charge in [-0.25, -0.2) is 8.96 Å². The molecule has 86 valence electrons. The van der Waals surface area contributed by atoms with Gasteiger partial charge in [0.05, 0.1) is 0 Å². The molecule has 0 aliphatic rings. The van der Waals surface area contributed by atoms with Gasteiger partial charge in [-0.15, -0.1) is 0 Å².